The van der Waals surface area contributed by atoms with E-state index in [0.717, 1.165) is 28.2 Å². The van der Waals surface area contributed by atoms with E-state index in [0.29, 0.717) is 0 Å². The third kappa shape index (κ3) is 1.52. The molecule has 0 fully saturated rings. The topological polar surface area (TPSA) is 63.8 Å². The molecule has 0 bridgehead atoms. The minimum absolute atomic E-state index is 0.224. The van der Waals surface area contributed by atoms with Gasteiger partial charge in [-0.25, -0.2) is 15.0 Å². The van der Waals surface area contributed by atoms with Crippen molar-refractivity contribution < 1.29 is 5.11 Å². The first kappa shape index (κ1) is 10.7. The first-order chi connectivity index (χ1) is 8.66. The Hall–Kier alpha value is -2.43. The molecule has 0 atom stereocenters. The first-order valence-corrected chi connectivity index (χ1v) is 5.60. The molecule has 1 aromatic carbocycles. The van der Waals surface area contributed by atoms with E-state index in [2.05, 4.69) is 15.0 Å². The summed E-state index contributed by atoms with van der Waals surface area (Å²) in [6.07, 6.45) is 1.53. The number of fused-ring (bicyclic) bond motifs is 1. The second-order valence-corrected chi connectivity index (χ2v) is 4.18. The predicted molar refractivity (Wildman–Crippen MR) is 68.1 cm³/mol. The van der Waals surface area contributed by atoms with Crippen LogP contribution in [0.4, 0.5) is 0 Å². The molecule has 3 aromatic rings. The number of imidazole rings is 1. The van der Waals surface area contributed by atoms with Gasteiger partial charge in [0, 0.05) is 12.6 Å². The average Bonchev–Trinajstić information content (AvgIpc) is 2.69. The van der Waals surface area contributed by atoms with Crippen molar-refractivity contribution in [3.8, 4) is 17.1 Å². The lowest BCUT2D eigenvalue weighted by Gasteiger charge is -2.02. The van der Waals surface area contributed by atoms with E-state index in [-0.39, 0.29) is 5.75 Å². The minimum atomic E-state index is 0.224. The third-order valence-electron chi connectivity index (χ3n) is 2.94. The normalized spacial score (nSPS) is 11.0. The summed E-state index contributed by atoms with van der Waals surface area (Å²) in [5.41, 5.74) is 3.29. The van der Waals surface area contributed by atoms with Gasteiger partial charge in [-0.1, -0.05) is 12.1 Å². The van der Waals surface area contributed by atoms with E-state index in [9.17, 15) is 5.11 Å². The molecule has 0 radical (unpaired) electrons. The Morgan fingerprint density at radius 3 is 2.78 bits per heavy atom. The van der Waals surface area contributed by atoms with Crippen LogP contribution in [0.2, 0.25) is 0 Å². The van der Waals surface area contributed by atoms with Crippen LogP contribution in [0.1, 0.15) is 5.69 Å². The van der Waals surface area contributed by atoms with Crippen molar-refractivity contribution in [2.75, 3.05) is 0 Å². The number of aromatic hydroxyl groups is 1. The van der Waals surface area contributed by atoms with Crippen LogP contribution in [0.25, 0.3) is 22.6 Å². The van der Waals surface area contributed by atoms with Gasteiger partial charge in [0.25, 0.3) is 0 Å². The fourth-order valence-corrected chi connectivity index (χ4v) is 2.02. The van der Waals surface area contributed by atoms with Crippen molar-refractivity contribution in [1.82, 2.24) is 19.5 Å². The number of phenols is 1. The van der Waals surface area contributed by atoms with E-state index in [1.54, 1.807) is 18.2 Å². The van der Waals surface area contributed by atoms with Gasteiger partial charge in [-0.2, -0.15) is 0 Å². The van der Waals surface area contributed by atoms with E-state index in [4.69, 9.17) is 0 Å². The Morgan fingerprint density at radius 2 is 2.06 bits per heavy atom. The highest BCUT2D eigenvalue weighted by Gasteiger charge is 2.12. The standard InChI is InChI=1S/C13H12N4O/c1-8-11-13(15-7-14-8)17(2)12(16-11)9-4-3-5-10(18)6-9/h3-7,18H,1-2H3. The summed E-state index contributed by atoms with van der Waals surface area (Å²) in [4.78, 5) is 12.9. The molecule has 5 heteroatoms. The average molecular weight is 240 g/mol. The van der Waals surface area contributed by atoms with Gasteiger partial charge in [0.05, 0.1) is 5.69 Å². The molecule has 0 spiro atoms. The Kier molecular flexibility index (Phi) is 2.26. The van der Waals surface area contributed by atoms with E-state index < -0.39 is 0 Å². The summed E-state index contributed by atoms with van der Waals surface area (Å²) >= 11 is 0. The molecule has 0 saturated heterocycles. The van der Waals surface area contributed by atoms with Crippen molar-refractivity contribution in [1.29, 1.82) is 0 Å². The van der Waals surface area contributed by atoms with Crippen molar-refractivity contribution >= 4 is 11.2 Å². The van der Waals surface area contributed by atoms with Crippen LogP contribution in [-0.2, 0) is 7.05 Å². The number of hydrogen-bond donors (Lipinski definition) is 1. The molecule has 18 heavy (non-hydrogen) atoms. The zero-order valence-electron chi connectivity index (χ0n) is 10.1. The fourth-order valence-electron chi connectivity index (χ4n) is 2.02. The molecule has 0 unspecified atom stereocenters. The van der Waals surface area contributed by atoms with E-state index in [1.807, 2.05) is 24.6 Å². The smallest absolute Gasteiger partial charge is 0.163 e. The quantitative estimate of drug-likeness (QED) is 0.707. The highest BCUT2D eigenvalue weighted by atomic mass is 16.3. The Labute approximate surface area is 104 Å². The van der Waals surface area contributed by atoms with Gasteiger partial charge in [-0.05, 0) is 19.1 Å². The van der Waals surface area contributed by atoms with Crippen molar-refractivity contribution in [2.45, 2.75) is 6.92 Å². The maximum atomic E-state index is 9.53. The van der Waals surface area contributed by atoms with Crippen molar-refractivity contribution in [2.24, 2.45) is 7.05 Å². The molecule has 1 N–H and O–H groups in total. The molecule has 0 aliphatic heterocycles. The van der Waals surface area contributed by atoms with E-state index >= 15 is 0 Å². The number of aromatic nitrogens is 4. The summed E-state index contributed by atoms with van der Waals surface area (Å²) in [5, 5.41) is 9.53. The highest BCUT2D eigenvalue weighted by Crippen LogP contribution is 2.25. The van der Waals surface area contributed by atoms with Crippen LogP contribution in [0.15, 0.2) is 30.6 Å². The second kappa shape index (κ2) is 3.80. The highest BCUT2D eigenvalue weighted by molar-refractivity contribution is 5.78. The molecular weight excluding hydrogens is 228 g/mol. The molecule has 0 saturated carbocycles. The van der Waals surface area contributed by atoms with Gasteiger partial charge in [-0.3, -0.25) is 0 Å². The number of aryl methyl sites for hydroxylation is 2. The molecule has 2 aromatic heterocycles. The number of benzene rings is 1. The van der Waals surface area contributed by atoms with E-state index in [1.165, 1.54) is 6.33 Å². The predicted octanol–water partition coefficient (Wildman–Crippen LogP) is 2.04. The Morgan fingerprint density at radius 1 is 1.22 bits per heavy atom. The van der Waals surface area contributed by atoms with Gasteiger partial charge in [0.1, 0.15) is 23.4 Å². The van der Waals surface area contributed by atoms with Crippen LogP contribution in [0.3, 0.4) is 0 Å². The van der Waals surface area contributed by atoms with Crippen LogP contribution >= 0.6 is 0 Å². The maximum absolute atomic E-state index is 9.53. The molecule has 0 aliphatic rings. The zero-order valence-corrected chi connectivity index (χ0v) is 10.1. The Balaban J connectivity index is 2.30. The summed E-state index contributed by atoms with van der Waals surface area (Å²) in [7, 11) is 1.90. The Bertz CT molecular complexity index is 733. The second-order valence-electron chi connectivity index (χ2n) is 4.18. The van der Waals surface area contributed by atoms with Gasteiger partial charge >= 0.3 is 0 Å². The lowest BCUT2D eigenvalue weighted by atomic mass is 10.2. The monoisotopic (exact) mass is 240 g/mol. The first-order valence-electron chi connectivity index (χ1n) is 5.60. The van der Waals surface area contributed by atoms with Crippen LogP contribution < -0.4 is 0 Å². The summed E-state index contributed by atoms with van der Waals surface area (Å²) in [6, 6.07) is 7.02. The summed E-state index contributed by atoms with van der Waals surface area (Å²) in [5.74, 6) is 0.992. The number of hydrogen-bond acceptors (Lipinski definition) is 4. The lowest BCUT2D eigenvalue weighted by Crippen LogP contribution is -1.94. The van der Waals surface area contributed by atoms with Crippen LogP contribution in [0.5, 0.6) is 5.75 Å². The third-order valence-corrected chi connectivity index (χ3v) is 2.94. The number of phenolic OH excluding ortho intramolecular Hbond substituents is 1. The molecule has 3 rings (SSSR count). The van der Waals surface area contributed by atoms with Gasteiger partial charge < -0.3 is 9.67 Å². The largest absolute Gasteiger partial charge is 0.508 e. The van der Waals surface area contributed by atoms with Crippen LogP contribution in [0, 0.1) is 6.92 Å². The lowest BCUT2D eigenvalue weighted by molar-refractivity contribution is 0.475. The molecular formula is C13H12N4O. The van der Waals surface area contributed by atoms with Gasteiger partial charge in [0.15, 0.2) is 5.65 Å². The molecule has 2 heterocycles. The minimum Gasteiger partial charge on any atom is -0.508 e. The molecule has 0 aliphatic carbocycles. The zero-order chi connectivity index (χ0) is 12.7. The SMILES string of the molecule is Cc1ncnc2c1nc(-c1cccc(O)c1)n2C. The maximum Gasteiger partial charge on any atom is 0.163 e. The fraction of sp³-hybridized carbons (Fsp3) is 0.154. The number of nitrogens with zero attached hydrogens (tertiary/aromatic N) is 4. The number of rotatable bonds is 1. The van der Waals surface area contributed by atoms with Crippen molar-refractivity contribution in [3.63, 3.8) is 0 Å². The molecule has 90 valence electrons. The van der Waals surface area contributed by atoms with Crippen molar-refractivity contribution in [3.05, 3.63) is 36.3 Å². The molecule has 5 nitrogen and oxygen atoms in total. The van der Waals surface area contributed by atoms with Gasteiger partial charge in [0.2, 0.25) is 0 Å². The van der Waals surface area contributed by atoms with Crippen LogP contribution in [-0.4, -0.2) is 24.6 Å². The van der Waals surface area contributed by atoms with Gasteiger partial charge in [-0.15, -0.1) is 0 Å². The summed E-state index contributed by atoms with van der Waals surface area (Å²) < 4.78 is 1.90. The summed E-state index contributed by atoms with van der Waals surface area (Å²) in [6.45, 7) is 1.91. The molecule has 0 amide bonds.